The van der Waals surface area contributed by atoms with Gasteiger partial charge in [-0.2, -0.15) is 5.26 Å². The third-order valence-electron chi connectivity index (χ3n) is 6.72. The number of nitriles is 1. The number of fused-ring (bicyclic) bond motifs is 1. The first-order valence-electron chi connectivity index (χ1n) is 10.6. The van der Waals surface area contributed by atoms with Gasteiger partial charge in [0.1, 0.15) is 0 Å². The van der Waals surface area contributed by atoms with Crippen LogP contribution in [0.1, 0.15) is 57.9 Å². The van der Waals surface area contributed by atoms with Crippen molar-refractivity contribution < 1.29 is 19.0 Å². The molecule has 30 heavy (non-hydrogen) atoms. The minimum Gasteiger partial charge on any atom is -0.493 e. The summed E-state index contributed by atoms with van der Waals surface area (Å²) in [6, 6.07) is 5.76. The second-order valence-corrected chi connectivity index (χ2v) is 14.7. The highest BCUT2D eigenvalue weighted by Crippen LogP contribution is 2.46. The minimum atomic E-state index is -2.00. The van der Waals surface area contributed by atoms with E-state index in [9.17, 15) is 10.4 Å². The molecule has 1 N–H and O–H groups in total. The van der Waals surface area contributed by atoms with Gasteiger partial charge in [-0.1, -0.05) is 34.6 Å². The van der Waals surface area contributed by atoms with Crippen LogP contribution in [-0.2, 0) is 4.43 Å². The number of hydrogen-bond acceptors (Lipinski definition) is 6. The Labute approximate surface area is 182 Å². The molecule has 1 aliphatic heterocycles. The Morgan fingerprint density at radius 2 is 1.67 bits per heavy atom. The van der Waals surface area contributed by atoms with Crippen LogP contribution in [0.15, 0.2) is 12.1 Å². The van der Waals surface area contributed by atoms with Gasteiger partial charge in [0.05, 0.1) is 45.6 Å². The number of ether oxygens (including phenoxy) is 2. The molecule has 0 saturated carbocycles. The number of hydrogen-bond donors (Lipinski definition) is 1. The van der Waals surface area contributed by atoms with Gasteiger partial charge in [-0.05, 0) is 47.3 Å². The summed E-state index contributed by atoms with van der Waals surface area (Å²) in [4.78, 5) is 2.09. The Balaban J connectivity index is 2.60. The van der Waals surface area contributed by atoms with E-state index in [2.05, 4.69) is 58.7 Å². The number of methoxy groups -OCH3 is 2. The van der Waals surface area contributed by atoms with Crippen LogP contribution < -0.4 is 9.47 Å². The molecule has 1 aromatic rings. The predicted octanol–water partition coefficient (Wildman–Crippen LogP) is 4.66. The molecule has 0 aliphatic carbocycles. The second kappa shape index (κ2) is 9.27. The molecule has 1 aliphatic rings. The highest BCUT2D eigenvalue weighted by Gasteiger charge is 2.44. The van der Waals surface area contributed by atoms with Gasteiger partial charge in [0.25, 0.3) is 0 Å². The maximum Gasteiger partial charge on any atom is 0.192 e. The molecule has 0 saturated heterocycles. The molecule has 0 radical (unpaired) electrons. The lowest BCUT2D eigenvalue weighted by molar-refractivity contribution is -0.0242. The van der Waals surface area contributed by atoms with Crippen molar-refractivity contribution in [3.05, 3.63) is 23.3 Å². The van der Waals surface area contributed by atoms with Gasteiger partial charge in [0.15, 0.2) is 19.8 Å². The number of benzene rings is 1. The second-order valence-electron chi connectivity index (χ2n) is 9.93. The highest BCUT2D eigenvalue weighted by molar-refractivity contribution is 6.74. The first kappa shape index (κ1) is 24.7. The Morgan fingerprint density at radius 3 is 2.10 bits per heavy atom. The number of aliphatic hydroxyl groups is 1. The van der Waals surface area contributed by atoms with Crippen molar-refractivity contribution in [2.45, 2.75) is 70.9 Å². The van der Waals surface area contributed by atoms with Crippen molar-refractivity contribution in [3.63, 3.8) is 0 Å². The molecule has 2 rings (SSSR count). The average molecular weight is 435 g/mol. The summed E-state index contributed by atoms with van der Waals surface area (Å²) >= 11 is 0. The summed E-state index contributed by atoms with van der Waals surface area (Å²) in [5.74, 6) is 1.36. The molecule has 1 aromatic carbocycles. The molecule has 0 spiro atoms. The smallest absolute Gasteiger partial charge is 0.192 e. The molecule has 3 unspecified atom stereocenters. The SMILES string of the molecule is COc1cc2c(cc1OC)C(CO[Si](C)(C)C(C)(C)C)N(CC#N)C(C(C)C)C2O. The summed E-state index contributed by atoms with van der Waals surface area (Å²) in [6.07, 6.45) is -0.725. The molecule has 0 aromatic heterocycles. The molecule has 168 valence electrons. The molecular formula is C23H38N2O4Si. The van der Waals surface area contributed by atoms with Gasteiger partial charge in [-0.25, -0.2) is 0 Å². The number of aliphatic hydroxyl groups excluding tert-OH is 1. The van der Waals surface area contributed by atoms with E-state index in [0.29, 0.717) is 18.1 Å². The van der Waals surface area contributed by atoms with E-state index < -0.39 is 14.4 Å². The molecule has 0 amide bonds. The number of nitrogens with zero attached hydrogens (tertiary/aromatic N) is 2. The van der Waals surface area contributed by atoms with Crippen LogP contribution in [0, 0.1) is 17.2 Å². The average Bonchev–Trinajstić information content (AvgIpc) is 2.65. The van der Waals surface area contributed by atoms with E-state index in [1.54, 1.807) is 14.2 Å². The van der Waals surface area contributed by atoms with E-state index >= 15 is 0 Å². The normalized spacial score (nSPS) is 22.5. The molecular weight excluding hydrogens is 396 g/mol. The summed E-state index contributed by atoms with van der Waals surface area (Å²) in [5, 5.41) is 20.9. The van der Waals surface area contributed by atoms with E-state index in [0.717, 1.165) is 11.1 Å². The number of rotatable bonds is 7. The molecule has 3 atom stereocenters. The predicted molar refractivity (Wildman–Crippen MR) is 121 cm³/mol. The molecule has 6 nitrogen and oxygen atoms in total. The van der Waals surface area contributed by atoms with Crippen molar-refractivity contribution in [1.82, 2.24) is 4.90 Å². The quantitative estimate of drug-likeness (QED) is 0.497. The van der Waals surface area contributed by atoms with Crippen LogP contribution in [0.25, 0.3) is 0 Å². The Hall–Kier alpha value is -1.59. The Bertz CT molecular complexity index is 783. The van der Waals surface area contributed by atoms with E-state index in [4.69, 9.17) is 13.9 Å². The zero-order valence-corrected chi connectivity index (χ0v) is 20.9. The maximum absolute atomic E-state index is 11.3. The minimum absolute atomic E-state index is 0.0825. The Kier molecular flexibility index (Phi) is 7.62. The summed E-state index contributed by atoms with van der Waals surface area (Å²) in [7, 11) is 1.21. The lowest BCUT2D eigenvalue weighted by Crippen LogP contribution is -2.52. The lowest BCUT2D eigenvalue weighted by atomic mass is 9.81. The van der Waals surface area contributed by atoms with Gasteiger partial charge >= 0.3 is 0 Å². The zero-order valence-electron chi connectivity index (χ0n) is 19.9. The van der Waals surface area contributed by atoms with Crippen molar-refractivity contribution in [2.24, 2.45) is 5.92 Å². The van der Waals surface area contributed by atoms with Gasteiger partial charge in [0.2, 0.25) is 0 Å². The van der Waals surface area contributed by atoms with Crippen LogP contribution >= 0.6 is 0 Å². The van der Waals surface area contributed by atoms with Gasteiger partial charge in [0, 0.05) is 6.04 Å². The van der Waals surface area contributed by atoms with Crippen LogP contribution in [0.3, 0.4) is 0 Å². The summed E-state index contributed by atoms with van der Waals surface area (Å²) in [6.45, 7) is 16.0. The van der Waals surface area contributed by atoms with Crippen LogP contribution in [0.4, 0.5) is 0 Å². The largest absolute Gasteiger partial charge is 0.493 e. The summed E-state index contributed by atoms with van der Waals surface area (Å²) in [5.41, 5.74) is 1.76. The van der Waals surface area contributed by atoms with Gasteiger partial charge in [-0.15, -0.1) is 0 Å². The van der Waals surface area contributed by atoms with Crippen LogP contribution in [0.2, 0.25) is 18.1 Å². The monoisotopic (exact) mass is 434 g/mol. The van der Waals surface area contributed by atoms with E-state index in [1.165, 1.54) is 0 Å². The van der Waals surface area contributed by atoms with Crippen molar-refractivity contribution in [3.8, 4) is 17.6 Å². The van der Waals surface area contributed by atoms with E-state index in [-0.39, 0.29) is 29.6 Å². The molecule has 1 heterocycles. The van der Waals surface area contributed by atoms with Crippen molar-refractivity contribution >= 4 is 8.32 Å². The third kappa shape index (κ3) is 4.67. The fourth-order valence-corrected chi connectivity index (χ4v) is 4.95. The molecule has 7 heteroatoms. The maximum atomic E-state index is 11.3. The first-order chi connectivity index (χ1) is 13.9. The van der Waals surface area contributed by atoms with Gasteiger partial charge < -0.3 is 19.0 Å². The lowest BCUT2D eigenvalue weighted by Gasteiger charge is -2.48. The fourth-order valence-electron chi connectivity index (χ4n) is 3.94. The Morgan fingerprint density at radius 1 is 1.13 bits per heavy atom. The van der Waals surface area contributed by atoms with Crippen molar-refractivity contribution in [1.29, 1.82) is 5.26 Å². The van der Waals surface area contributed by atoms with Gasteiger partial charge in [-0.3, -0.25) is 4.90 Å². The standard InChI is InChI=1S/C23H38N2O4Si/c1-15(2)21-22(26)17-13-20(28-7)19(27-6)12-16(17)18(25(21)11-10-24)14-29-30(8,9)23(3,4)5/h12-13,15,18,21-22,26H,11,14H2,1-9H3. The highest BCUT2D eigenvalue weighted by atomic mass is 28.4. The van der Waals surface area contributed by atoms with Crippen LogP contribution in [-0.4, -0.2) is 51.7 Å². The molecule has 0 fully saturated rings. The molecule has 0 bridgehead atoms. The zero-order chi connectivity index (χ0) is 22.9. The van der Waals surface area contributed by atoms with Crippen LogP contribution in [0.5, 0.6) is 11.5 Å². The first-order valence-corrected chi connectivity index (χ1v) is 13.5. The summed E-state index contributed by atoms with van der Waals surface area (Å²) < 4.78 is 17.6. The third-order valence-corrected chi connectivity index (χ3v) is 11.2. The van der Waals surface area contributed by atoms with Crippen molar-refractivity contribution in [2.75, 3.05) is 27.4 Å². The topological polar surface area (TPSA) is 75.0 Å². The van der Waals surface area contributed by atoms with E-state index in [1.807, 2.05) is 12.1 Å². The fraction of sp³-hybridized carbons (Fsp3) is 0.696.